The van der Waals surface area contributed by atoms with Gasteiger partial charge in [0.15, 0.2) is 0 Å². The van der Waals surface area contributed by atoms with E-state index >= 15 is 0 Å². The van der Waals surface area contributed by atoms with Gasteiger partial charge in [-0.2, -0.15) is 0 Å². The first kappa shape index (κ1) is 8.65. The van der Waals surface area contributed by atoms with Crippen LogP contribution in [-0.2, 0) is 0 Å². The van der Waals surface area contributed by atoms with Crippen molar-refractivity contribution in [3.63, 3.8) is 0 Å². The van der Waals surface area contributed by atoms with E-state index < -0.39 is 0 Å². The van der Waals surface area contributed by atoms with E-state index in [4.69, 9.17) is 0 Å². The van der Waals surface area contributed by atoms with Gasteiger partial charge in [0.25, 0.3) is 0 Å². The van der Waals surface area contributed by atoms with Crippen molar-refractivity contribution in [2.45, 2.75) is 6.92 Å². The average molecular weight is 161 g/mol. The van der Waals surface area contributed by atoms with Crippen molar-refractivity contribution in [2.24, 2.45) is 4.99 Å². The fraction of sp³-hybridized carbons (Fsp3) is 0.200. The molecular weight excluding hydrogens is 150 g/mol. The Hall–Kier alpha value is -1.44. The standard InChI is InChI=1S/C10H11NO/c1-8(11-2)10(12)9-6-4-3-5-7-9/h3-7H,1-2H3/b11-8-. The average Bonchev–Trinajstić information content (AvgIpc) is 2.17. The number of rotatable bonds is 2. The minimum Gasteiger partial charge on any atom is -0.289 e. The molecule has 1 rings (SSSR count). The molecule has 0 fully saturated rings. The second kappa shape index (κ2) is 3.81. The molecule has 0 amide bonds. The Morgan fingerprint density at radius 2 is 1.83 bits per heavy atom. The Morgan fingerprint density at radius 3 is 2.33 bits per heavy atom. The molecule has 0 saturated carbocycles. The maximum Gasteiger partial charge on any atom is 0.206 e. The summed E-state index contributed by atoms with van der Waals surface area (Å²) in [4.78, 5) is 15.3. The number of carbonyl (C=O) groups excluding carboxylic acids is 1. The third-order valence-electron chi connectivity index (χ3n) is 1.70. The van der Waals surface area contributed by atoms with Gasteiger partial charge in [-0.15, -0.1) is 0 Å². The number of ketones is 1. The monoisotopic (exact) mass is 161 g/mol. The number of hydrogen-bond acceptors (Lipinski definition) is 2. The van der Waals surface area contributed by atoms with Gasteiger partial charge in [-0.05, 0) is 6.92 Å². The molecule has 0 unspecified atom stereocenters. The quantitative estimate of drug-likeness (QED) is 0.481. The van der Waals surface area contributed by atoms with Crippen LogP contribution >= 0.6 is 0 Å². The molecule has 0 aliphatic carbocycles. The molecule has 0 heterocycles. The van der Waals surface area contributed by atoms with E-state index in [2.05, 4.69) is 4.99 Å². The van der Waals surface area contributed by atoms with E-state index in [1.165, 1.54) is 0 Å². The molecule has 62 valence electrons. The largest absolute Gasteiger partial charge is 0.289 e. The summed E-state index contributed by atoms with van der Waals surface area (Å²) in [7, 11) is 1.62. The van der Waals surface area contributed by atoms with Crippen LogP contribution < -0.4 is 0 Å². The molecule has 1 aromatic carbocycles. The topological polar surface area (TPSA) is 29.4 Å². The molecule has 0 radical (unpaired) electrons. The van der Waals surface area contributed by atoms with Crippen LogP contribution in [0.15, 0.2) is 35.3 Å². The van der Waals surface area contributed by atoms with Gasteiger partial charge in [-0.3, -0.25) is 9.79 Å². The number of carbonyl (C=O) groups is 1. The highest BCUT2D eigenvalue weighted by Crippen LogP contribution is 2.00. The van der Waals surface area contributed by atoms with Crippen LogP contribution in [-0.4, -0.2) is 18.5 Å². The van der Waals surface area contributed by atoms with E-state index in [0.717, 1.165) is 0 Å². The van der Waals surface area contributed by atoms with Crippen molar-refractivity contribution in [2.75, 3.05) is 7.05 Å². The predicted molar refractivity (Wildman–Crippen MR) is 49.8 cm³/mol. The Labute approximate surface area is 71.9 Å². The van der Waals surface area contributed by atoms with Crippen molar-refractivity contribution in [1.29, 1.82) is 0 Å². The molecule has 2 heteroatoms. The Balaban J connectivity index is 2.94. The van der Waals surface area contributed by atoms with Crippen LogP contribution in [0.25, 0.3) is 0 Å². The lowest BCUT2D eigenvalue weighted by Gasteiger charge is -1.97. The van der Waals surface area contributed by atoms with Crippen LogP contribution in [0.2, 0.25) is 0 Å². The molecule has 0 saturated heterocycles. The lowest BCUT2D eigenvalue weighted by Crippen LogP contribution is -2.09. The van der Waals surface area contributed by atoms with E-state index in [0.29, 0.717) is 11.3 Å². The predicted octanol–water partition coefficient (Wildman–Crippen LogP) is 1.96. The van der Waals surface area contributed by atoms with Gasteiger partial charge in [-0.25, -0.2) is 0 Å². The van der Waals surface area contributed by atoms with Gasteiger partial charge < -0.3 is 0 Å². The smallest absolute Gasteiger partial charge is 0.206 e. The van der Waals surface area contributed by atoms with Crippen molar-refractivity contribution in [3.05, 3.63) is 35.9 Å². The molecule has 0 bridgehead atoms. The molecule has 0 aliphatic rings. The van der Waals surface area contributed by atoms with E-state index in [1.807, 2.05) is 18.2 Å². The number of benzene rings is 1. The zero-order valence-electron chi connectivity index (χ0n) is 7.24. The third-order valence-corrected chi connectivity index (χ3v) is 1.70. The van der Waals surface area contributed by atoms with Gasteiger partial charge in [0, 0.05) is 12.6 Å². The first-order valence-corrected chi connectivity index (χ1v) is 3.79. The molecule has 2 nitrogen and oxygen atoms in total. The Bertz CT molecular complexity index is 301. The van der Waals surface area contributed by atoms with Crippen molar-refractivity contribution in [3.8, 4) is 0 Å². The van der Waals surface area contributed by atoms with Gasteiger partial charge in [0.1, 0.15) is 0 Å². The highest BCUT2D eigenvalue weighted by Gasteiger charge is 2.06. The first-order chi connectivity index (χ1) is 5.75. The van der Waals surface area contributed by atoms with Gasteiger partial charge in [-0.1, -0.05) is 30.3 Å². The first-order valence-electron chi connectivity index (χ1n) is 3.79. The van der Waals surface area contributed by atoms with Crippen LogP contribution in [0.4, 0.5) is 0 Å². The molecule has 0 spiro atoms. The van der Waals surface area contributed by atoms with Crippen LogP contribution in [0.5, 0.6) is 0 Å². The number of aliphatic imine (C=N–C) groups is 1. The SMILES string of the molecule is C/N=C(/C)C(=O)c1ccccc1. The summed E-state index contributed by atoms with van der Waals surface area (Å²) in [5.41, 5.74) is 1.24. The minimum absolute atomic E-state index is 0.00176. The normalized spacial score (nSPS) is 11.3. The zero-order valence-corrected chi connectivity index (χ0v) is 7.24. The molecular formula is C10H11NO. The van der Waals surface area contributed by atoms with Gasteiger partial charge in [0.2, 0.25) is 5.78 Å². The summed E-state index contributed by atoms with van der Waals surface area (Å²) in [6, 6.07) is 9.15. The molecule has 0 atom stereocenters. The molecule has 0 aliphatic heterocycles. The van der Waals surface area contributed by atoms with E-state index in [1.54, 1.807) is 26.1 Å². The van der Waals surface area contributed by atoms with Crippen LogP contribution in [0.3, 0.4) is 0 Å². The van der Waals surface area contributed by atoms with Crippen molar-refractivity contribution < 1.29 is 4.79 Å². The maximum atomic E-state index is 11.4. The third kappa shape index (κ3) is 1.78. The molecule has 1 aromatic rings. The lowest BCUT2D eigenvalue weighted by atomic mass is 10.1. The summed E-state index contributed by atoms with van der Waals surface area (Å²) in [5, 5.41) is 0. The summed E-state index contributed by atoms with van der Waals surface area (Å²) in [5.74, 6) is -0.00176. The highest BCUT2D eigenvalue weighted by atomic mass is 16.1. The fourth-order valence-corrected chi connectivity index (χ4v) is 0.900. The second-order valence-corrected chi connectivity index (χ2v) is 2.50. The van der Waals surface area contributed by atoms with Gasteiger partial charge in [0.05, 0.1) is 5.71 Å². The highest BCUT2D eigenvalue weighted by molar-refractivity contribution is 6.45. The second-order valence-electron chi connectivity index (χ2n) is 2.50. The van der Waals surface area contributed by atoms with E-state index in [-0.39, 0.29) is 5.78 Å². The van der Waals surface area contributed by atoms with Crippen molar-refractivity contribution in [1.82, 2.24) is 0 Å². The summed E-state index contributed by atoms with van der Waals surface area (Å²) < 4.78 is 0. The Morgan fingerprint density at radius 1 is 1.25 bits per heavy atom. The van der Waals surface area contributed by atoms with Crippen LogP contribution in [0.1, 0.15) is 17.3 Å². The summed E-state index contributed by atoms with van der Waals surface area (Å²) in [6.07, 6.45) is 0. The zero-order chi connectivity index (χ0) is 8.97. The lowest BCUT2D eigenvalue weighted by molar-refractivity contribution is 0.106. The van der Waals surface area contributed by atoms with Crippen molar-refractivity contribution >= 4 is 11.5 Å². The number of hydrogen-bond donors (Lipinski definition) is 0. The molecule has 0 N–H and O–H groups in total. The number of Topliss-reactive ketones (excluding diaryl/α,β-unsaturated/α-hetero) is 1. The molecule has 0 aromatic heterocycles. The van der Waals surface area contributed by atoms with Crippen LogP contribution in [0, 0.1) is 0 Å². The summed E-state index contributed by atoms with van der Waals surface area (Å²) in [6.45, 7) is 1.72. The van der Waals surface area contributed by atoms with Gasteiger partial charge >= 0.3 is 0 Å². The Kier molecular flexibility index (Phi) is 2.75. The fourth-order valence-electron chi connectivity index (χ4n) is 0.900. The summed E-state index contributed by atoms with van der Waals surface area (Å²) >= 11 is 0. The van der Waals surface area contributed by atoms with E-state index in [9.17, 15) is 4.79 Å². The number of nitrogens with zero attached hydrogens (tertiary/aromatic N) is 1. The maximum absolute atomic E-state index is 11.4. The minimum atomic E-state index is -0.00176. The molecule has 12 heavy (non-hydrogen) atoms.